The number of aliphatic hydroxyl groups excluding tert-OH is 4. The maximum Gasteiger partial charge on any atom is 0.397 e. The van der Waals surface area contributed by atoms with Crippen LogP contribution in [0.2, 0.25) is 0 Å². The van der Waals surface area contributed by atoms with Crippen molar-refractivity contribution in [1.29, 1.82) is 0 Å². The van der Waals surface area contributed by atoms with Crippen LogP contribution in [0.1, 0.15) is 72.6 Å². The second-order valence-corrected chi connectivity index (χ2v) is 16.8. The molecule has 6 fully saturated rings. The molecule has 45 heavy (non-hydrogen) atoms. The summed E-state index contributed by atoms with van der Waals surface area (Å²) in [7, 11) is -4.88. The third-order valence-corrected chi connectivity index (χ3v) is 13.9. The van der Waals surface area contributed by atoms with Crippen LogP contribution in [0, 0.1) is 46.3 Å². The highest BCUT2D eigenvalue weighted by Gasteiger charge is 2.70. The van der Waals surface area contributed by atoms with E-state index >= 15 is 0 Å². The van der Waals surface area contributed by atoms with E-state index in [4.69, 9.17) is 23.5 Å². The standard InChI is InChI=1S/C32H50O12S/c1-15-5-8-32(41-13-15)16(2)26-22(43-32)12-20-25-19(6-7-30(20,26)3)31(4)17(10-21(25)34)9-18(33)11-24(31)42-29-28(36)27(35)23(14-40-29)44-45(37,38)39/h10,15-16,18-29,33-36H,5-9,11-14H2,1-4H3,(H,37,38,39)/t15-,16-,18+,19-,20-,21-,22-,23-,24+,25+,26-,27-,28+,29-,30-,31-,32+/m0/s1. The summed E-state index contributed by atoms with van der Waals surface area (Å²) in [6.07, 6.45) is -0.879. The summed E-state index contributed by atoms with van der Waals surface area (Å²) in [4.78, 5) is 0. The number of hydrogen-bond donors (Lipinski definition) is 5. The summed E-state index contributed by atoms with van der Waals surface area (Å²) in [6, 6.07) is 0. The van der Waals surface area contributed by atoms with E-state index < -0.39 is 71.1 Å². The van der Waals surface area contributed by atoms with Crippen molar-refractivity contribution in [2.45, 2.75) is 127 Å². The van der Waals surface area contributed by atoms with Crippen LogP contribution in [0.15, 0.2) is 11.6 Å². The molecule has 0 aromatic carbocycles. The van der Waals surface area contributed by atoms with E-state index in [9.17, 15) is 28.8 Å². The zero-order valence-electron chi connectivity index (χ0n) is 26.5. The first kappa shape index (κ1) is 32.8. The molecule has 1 spiro atoms. The quantitative estimate of drug-likeness (QED) is 0.219. The normalized spacial score (nSPS) is 56.2. The minimum absolute atomic E-state index is 0.0271. The lowest BCUT2D eigenvalue weighted by molar-refractivity contribution is -0.299. The summed E-state index contributed by atoms with van der Waals surface area (Å²) < 4.78 is 61.3. The number of aliphatic hydroxyl groups is 4. The molecule has 7 aliphatic rings. The largest absolute Gasteiger partial charge is 0.397 e. The fourth-order valence-corrected chi connectivity index (χ4v) is 11.7. The van der Waals surface area contributed by atoms with Crippen LogP contribution in [0.5, 0.6) is 0 Å². The van der Waals surface area contributed by atoms with E-state index in [2.05, 4.69) is 31.9 Å². The molecule has 5 N–H and O–H groups in total. The highest BCUT2D eigenvalue weighted by atomic mass is 32.3. The molecule has 0 radical (unpaired) electrons. The first-order valence-electron chi connectivity index (χ1n) is 16.8. The van der Waals surface area contributed by atoms with Crippen molar-refractivity contribution in [3.8, 4) is 0 Å². The second-order valence-electron chi connectivity index (χ2n) is 15.7. The summed E-state index contributed by atoms with van der Waals surface area (Å²) in [5, 5.41) is 44.1. The molecule has 0 amide bonds. The van der Waals surface area contributed by atoms with Gasteiger partial charge in [-0.1, -0.05) is 39.3 Å². The number of hydrogen-bond acceptors (Lipinski definition) is 11. The van der Waals surface area contributed by atoms with E-state index in [1.54, 1.807) is 0 Å². The van der Waals surface area contributed by atoms with E-state index in [1.165, 1.54) is 0 Å². The monoisotopic (exact) mass is 658 g/mol. The molecule has 4 aliphatic carbocycles. The van der Waals surface area contributed by atoms with Crippen LogP contribution in [-0.2, 0) is 33.5 Å². The lowest BCUT2D eigenvalue weighted by atomic mass is 9.45. The Bertz CT molecular complexity index is 1280. The average molecular weight is 659 g/mol. The lowest BCUT2D eigenvalue weighted by Crippen LogP contribution is -2.62. The molecule has 0 aromatic rings. The van der Waals surface area contributed by atoms with Gasteiger partial charge in [0.15, 0.2) is 12.1 Å². The topological polar surface area (TPSA) is 181 Å². The van der Waals surface area contributed by atoms with Crippen molar-refractivity contribution in [3.05, 3.63) is 11.6 Å². The fourth-order valence-electron chi connectivity index (χ4n) is 11.2. The Morgan fingerprint density at radius 2 is 1.73 bits per heavy atom. The van der Waals surface area contributed by atoms with Gasteiger partial charge in [-0.05, 0) is 67.1 Å². The molecule has 3 heterocycles. The van der Waals surface area contributed by atoms with Crippen LogP contribution < -0.4 is 0 Å². The van der Waals surface area contributed by atoms with Crippen LogP contribution in [0.4, 0.5) is 0 Å². The fraction of sp³-hybridized carbons (Fsp3) is 0.938. The van der Waals surface area contributed by atoms with Gasteiger partial charge in [0.05, 0.1) is 37.6 Å². The van der Waals surface area contributed by atoms with Gasteiger partial charge in [0.2, 0.25) is 0 Å². The summed E-state index contributed by atoms with van der Waals surface area (Å²) >= 11 is 0. The third-order valence-electron chi connectivity index (χ3n) is 13.4. The molecule has 7 rings (SSSR count). The van der Waals surface area contributed by atoms with Crippen LogP contribution in [0.3, 0.4) is 0 Å². The zero-order chi connectivity index (χ0) is 32.3. The highest BCUT2D eigenvalue weighted by Crippen LogP contribution is 2.71. The van der Waals surface area contributed by atoms with Gasteiger partial charge in [-0.25, -0.2) is 4.18 Å². The molecule has 0 aromatic heterocycles. The Kier molecular flexibility index (Phi) is 8.14. The van der Waals surface area contributed by atoms with Crippen molar-refractivity contribution in [2.75, 3.05) is 13.2 Å². The zero-order valence-corrected chi connectivity index (χ0v) is 27.3. The molecule has 3 aliphatic heterocycles. The predicted molar refractivity (Wildman–Crippen MR) is 158 cm³/mol. The molecule has 3 saturated carbocycles. The Morgan fingerprint density at radius 1 is 0.978 bits per heavy atom. The van der Waals surface area contributed by atoms with Crippen LogP contribution >= 0.6 is 0 Å². The third kappa shape index (κ3) is 5.10. The predicted octanol–water partition coefficient (Wildman–Crippen LogP) is 1.95. The molecule has 0 unspecified atom stereocenters. The van der Waals surface area contributed by atoms with Crippen molar-refractivity contribution < 1.29 is 56.5 Å². The Hall–Kier alpha value is -0.710. The maximum absolute atomic E-state index is 11.8. The SMILES string of the molecule is C[C@H]1CC[C@@]2(OC1)O[C@H]1C[C@H]3[C@@H]4[C@@H](O)C=C5C[C@@H](O)C[C@@H](O[C@@H]6OC[C@H](OS(=O)(=O)O)[C@H](O)[C@H]6O)[C@]5(C)[C@H]4CC[C@]3(C)[C@H]1[C@@H]2C. The van der Waals surface area contributed by atoms with Gasteiger partial charge in [-0.2, -0.15) is 8.42 Å². The number of rotatable bonds is 4. The van der Waals surface area contributed by atoms with Gasteiger partial charge in [-0.3, -0.25) is 4.55 Å². The van der Waals surface area contributed by atoms with E-state index in [0.29, 0.717) is 18.3 Å². The number of ether oxygens (including phenoxy) is 4. The van der Waals surface area contributed by atoms with Crippen molar-refractivity contribution in [1.82, 2.24) is 0 Å². The van der Waals surface area contributed by atoms with Crippen molar-refractivity contribution in [3.63, 3.8) is 0 Å². The average Bonchev–Trinajstić information content (AvgIpc) is 3.40. The first-order valence-corrected chi connectivity index (χ1v) is 18.1. The van der Waals surface area contributed by atoms with E-state index in [0.717, 1.165) is 44.3 Å². The molecule has 256 valence electrons. The molecular formula is C32H50O12S. The molecule has 13 heteroatoms. The van der Waals surface area contributed by atoms with Crippen LogP contribution in [0.25, 0.3) is 0 Å². The Balaban J connectivity index is 1.14. The molecule has 0 bridgehead atoms. The van der Waals surface area contributed by atoms with Gasteiger partial charge in [0.25, 0.3) is 0 Å². The highest BCUT2D eigenvalue weighted by molar-refractivity contribution is 7.80. The Labute approximate surface area is 265 Å². The van der Waals surface area contributed by atoms with Gasteiger partial charge in [0.1, 0.15) is 18.3 Å². The second kappa shape index (κ2) is 11.2. The minimum Gasteiger partial charge on any atom is -0.393 e. The lowest BCUT2D eigenvalue weighted by Gasteiger charge is -2.61. The first-order chi connectivity index (χ1) is 21.1. The molecule has 3 saturated heterocycles. The van der Waals surface area contributed by atoms with E-state index in [-0.39, 0.29) is 41.6 Å². The van der Waals surface area contributed by atoms with Crippen molar-refractivity contribution in [2.24, 2.45) is 46.3 Å². The van der Waals surface area contributed by atoms with Crippen molar-refractivity contribution >= 4 is 10.4 Å². The van der Waals surface area contributed by atoms with Gasteiger partial charge >= 0.3 is 10.4 Å². The van der Waals surface area contributed by atoms with Gasteiger partial charge < -0.3 is 39.4 Å². The molecule has 12 nitrogen and oxygen atoms in total. The summed E-state index contributed by atoms with van der Waals surface area (Å²) in [6.45, 7) is 9.30. The van der Waals surface area contributed by atoms with E-state index in [1.807, 2.05) is 6.08 Å². The minimum atomic E-state index is -4.88. The summed E-state index contributed by atoms with van der Waals surface area (Å²) in [5.74, 6) is 0.762. The number of fused-ring (bicyclic) bond motifs is 7. The molecular weight excluding hydrogens is 608 g/mol. The Morgan fingerprint density at radius 3 is 2.42 bits per heavy atom. The molecule has 17 atom stereocenters. The van der Waals surface area contributed by atoms with Gasteiger partial charge in [-0.15, -0.1) is 0 Å². The van der Waals surface area contributed by atoms with Crippen LogP contribution in [-0.4, -0.2) is 101 Å². The maximum atomic E-state index is 11.8. The summed E-state index contributed by atoms with van der Waals surface area (Å²) in [5.41, 5.74) is 0.297. The van der Waals surface area contributed by atoms with Gasteiger partial charge in [0, 0.05) is 24.2 Å². The smallest absolute Gasteiger partial charge is 0.393 e.